The fourth-order valence-corrected chi connectivity index (χ4v) is 1.93. The Labute approximate surface area is 115 Å². The number of rotatable bonds is 7. The second kappa shape index (κ2) is 7.78. The molecule has 0 aliphatic rings. The molecule has 1 rings (SSSR count). The SMILES string of the molecule is CSCCC(=O)NCC(C(=O)O)c1ccc(F)cc1. The summed E-state index contributed by atoms with van der Waals surface area (Å²) in [6.45, 7) is 0.00812. The van der Waals surface area contributed by atoms with Gasteiger partial charge in [0.15, 0.2) is 0 Å². The molecule has 1 aromatic carbocycles. The Kier molecular flexibility index (Phi) is 6.35. The Hall–Kier alpha value is -1.56. The summed E-state index contributed by atoms with van der Waals surface area (Å²) in [5.41, 5.74) is 0.471. The van der Waals surface area contributed by atoms with Crippen LogP contribution in [0, 0.1) is 5.82 Å². The molecule has 1 aromatic rings. The largest absolute Gasteiger partial charge is 0.481 e. The van der Waals surface area contributed by atoms with Crippen LogP contribution in [0.5, 0.6) is 0 Å². The van der Waals surface area contributed by atoms with Crippen LogP contribution < -0.4 is 5.32 Å². The second-order valence-corrected chi connectivity index (χ2v) is 4.97. The monoisotopic (exact) mass is 285 g/mol. The van der Waals surface area contributed by atoms with E-state index in [0.717, 1.165) is 0 Å². The van der Waals surface area contributed by atoms with Crippen LogP contribution in [0.2, 0.25) is 0 Å². The summed E-state index contributed by atoms with van der Waals surface area (Å²) in [5.74, 6) is -1.81. The molecule has 0 spiro atoms. The minimum Gasteiger partial charge on any atom is -0.481 e. The summed E-state index contributed by atoms with van der Waals surface area (Å²) in [6, 6.07) is 5.26. The fourth-order valence-electron chi connectivity index (χ4n) is 1.54. The summed E-state index contributed by atoms with van der Waals surface area (Å²) in [4.78, 5) is 22.6. The van der Waals surface area contributed by atoms with E-state index in [1.807, 2.05) is 6.26 Å². The van der Waals surface area contributed by atoms with Gasteiger partial charge < -0.3 is 10.4 Å². The molecule has 1 unspecified atom stereocenters. The van der Waals surface area contributed by atoms with Gasteiger partial charge in [0, 0.05) is 18.7 Å². The fraction of sp³-hybridized carbons (Fsp3) is 0.385. The molecular weight excluding hydrogens is 269 g/mol. The van der Waals surface area contributed by atoms with E-state index in [-0.39, 0.29) is 12.5 Å². The van der Waals surface area contributed by atoms with Gasteiger partial charge in [0.1, 0.15) is 5.82 Å². The van der Waals surface area contributed by atoms with Gasteiger partial charge in [-0.2, -0.15) is 11.8 Å². The van der Waals surface area contributed by atoms with Crippen molar-refractivity contribution in [3.63, 3.8) is 0 Å². The van der Waals surface area contributed by atoms with Crippen LogP contribution in [0.4, 0.5) is 4.39 Å². The molecule has 2 N–H and O–H groups in total. The van der Waals surface area contributed by atoms with E-state index < -0.39 is 17.7 Å². The van der Waals surface area contributed by atoms with Crippen LogP contribution >= 0.6 is 11.8 Å². The normalized spacial score (nSPS) is 11.9. The van der Waals surface area contributed by atoms with E-state index in [1.54, 1.807) is 11.8 Å². The maximum atomic E-state index is 12.8. The van der Waals surface area contributed by atoms with Gasteiger partial charge in [-0.1, -0.05) is 12.1 Å². The van der Waals surface area contributed by atoms with E-state index in [9.17, 15) is 14.0 Å². The number of thioether (sulfide) groups is 1. The molecule has 0 saturated heterocycles. The van der Waals surface area contributed by atoms with Crippen molar-refractivity contribution >= 4 is 23.6 Å². The quantitative estimate of drug-likeness (QED) is 0.802. The summed E-state index contributed by atoms with van der Waals surface area (Å²) >= 11 is 1.55. The maximum Gasteiger partial charge on any atom is 0.312 e. The van der Waals surface area contributed by atoms with E-state index >= 15 is 0 Å². The zero-order chi connectivity index (χ0) is 14.3. The molecule has 0 saturated carbocycles. The molecule has 1 amide bonds. The maximum absolute atomic E-state index is 12.8. The lowest BCUT2D eigenvalue weighted by molar-refractivity contribution is -0.138. The predicted molar refractivity (Wildman–Crippen MR) is 72.8 cm³/mol. The molecule has 0 aromatic heterocycles. The lowest BCUT2D eigenvalue weighted by Gasteiger charge is -2.13. The molecule has 0 heterocycles. The smallest absolute Gasteiger partial charge is 0.312 e. The molecule has 19 heavy (non-hydrogen) atoms. The third kappa shape index (κ3) is 5.30. The third-order valence-electron chi connectivity index (χ3n) is 2.61. The molecule has 1 atom stereocenters. The van der Waals surface area contributed by atoms with Gasteiger partial charge in [0.2, 0.25) is 5.91 Å². The highest BCUT2D eigenvalue weighted by molar-refractivity contribution is 7.98. The zero-order valence-corrected chi connectivity index (χ0v) is 11.4. The molecule has 0 radical (unpaired) electrons. The molecule has 0 aliphatic carbocycles. The van der Waals surface area contributed by atoms with Crippen molar-refractivity contribution in [1.82, 2.24) is 5.32 Å². The standard InChI is InChI=1S/C13H16FNO3S/c1-19-7-6-12(16)15-8-11(13(17)18)9-2-4-10(14)5-3-9/h2-5,11H,6-8H2,1H3,(H,15,16)(H,17,18). The summed E-state index contributed by atoms with van der Waals surface area (Å²) < 4.78 is 12.8. The van der Waals surface area contributed by atoms with Crippen molar-refractivity contribution in [3.8, 4) is 0 Å². The first-order valence-corrected chi connectivity index (χ1v) is 7.18. The molecule has 0 aliphatic heterocycles. The van der Waals surface area contributed by atoms with E-state index in [0.29, 0.717) is 17.7 Å². The molecule has 0 fully saturated rings. The number of carboxylic acid groups (broad SMARTS) is 1. The number of benzene rings is 1. The summed E-state index contributed by atoms with van der Waals surface area (Å²) in [6.07, 6.45) is 2.25. The summed E-state index contributed by atoms with van der Waals surface area (Å²) in [7, 11) is 0. The van der Waals surface area contributed by atoms with Gasteiger partial charge >= 0.3 is 5.97 Å². The number of hydrogen-bond donors (Lipinski definition) is 2. The number of halogens is 1. The van der Waals surface area contributed by atoms with Crippen molar-refractivity contribution in [2.45, 2.75) is 12.3 Å². The first kappa shape index (κ1) is 15.5. The van der Waals surface area contributed by atoms with Crippen molar-refractivity contribution in [2.24, 2.45) is 0 Å². The van der Waals surface area contributed by atoms with Gasteiger partial charge in [-0.15, -0.1) is 0 Å². The second-order valence-electron chi connectivity index (χ2n) is 3.99. The van der Waals surface area contributed by atoms with Crippen molar-refractivity contribution < 1.29 is 19.1 Å². The average Bonchev–Trinajstić information content (AvgIpc) is 2.38. The lowest BCUT2D eigenvalue weighted by atomic mass is 9.99. The van der Waals surface area contributed by atoms with E-state index in [1.165, 1.54) is 24.3 Å². The van der Waals surface area contributed by atoms with E-state index in [4.69, 9.17) is 5.11 Å². The van der Waals surface area contributed by atoms with Gasteiger partial charge in [-0.3, -0.25) is 9.59 Å². The Morgan fingerprint density at radius 2 is 2.00 bits per heavy atom. The number of amides is 1. The van der Waals surface area contributed by atoms with Crippen molar-refractivity contribution in [2.75, 3.05) is 18.6 Å². The Bertz CT molecular complexity index is 436. The average molecular weight is 285 g/mol. The van der Waals surface area contributed by atoms with Crippen molar-refractivity contribution in [3.05, 3.63) is 35.6 Å². The van der Waals surface area contributed by atoms with Crippen LogP contribution in [-0.2, 0) is 9.59 Å². The van der Waals surface area contributed by atoms with Crippen LogP contribution in [-0.4, -0.2) is 35.5 Å². The van der Waals surface area contributed by atoms with E-state index in [2.05, 4.69) is 5.32 Å². The van der Waals surface area contributed by atoms with Crippen LogP contribution in [0.3, 0.4) is 0 Å². The number of carbonyl (C=O) groups excluding carboxylic acids is 1. The lowest BCUT2D eigenvalue weighted by Crippen LogP contribution is -2.31. The van der Waals surface area contributed by atoms with Crippen LogP contribution in [0.25, 0.3) is 0 Å². The number of aliphatic carboxylic acids is 1. The number of carboxylic acids is 1. The van der Waals surface area contributed by atoms with Gasteiger partial charge in [-0.25, -0.2) is 4.39 Å². The van der Waals surface area contributed by atoms with Crippen LogP contribution in [0.15, 0.2) is 24.3 Å². The Morgan fingerprint density at radius 1 is 1.37 bits per heavy atom. The van der Waals surface area contributed by atoms with Gasteiger partial charge in [-0.05, 0) is 24.0 Å². The highest BCUT2D eigenvalue weighted by Gasteiger charge is 2.20. The minimum absolute atomic E-state index is 0.00812. The highest BCUT2D eigenvalue weighted by Crippen LogP contribution is 2.16. The first-order chi connectivity index (χ1) is 9.04. The number of hydrogen-bond acceptors (Lipinski definition) is 3. The minimum atomic E-state index is -1.04. The predicted octanol–water partition coefficient (Wildman–Crippen LogP) is 1.86. The van der Waals surface area contributed by atoms with Crippen LogP contribution in [0.1, 0.15) is 17.9 Å². The van der Waals surface area contributed by atoms with Gasteiger partial charge in [0.25, 0.3) is 0 Å². The number of nitrogens with one attached hydrogen (secondary N) is 1. The molecule has 6 heteroatoms. The topological polar surface area (TPSA) is 66.4 Å². The molecular formula is C13H16FNO3S. The first-order valence-electron chi connectivity index (χ1n) is 5.78. The number of carbonyl (C=O) groups is 2. The highest BCUT2D eigenvalue weighted by atomic mass is 32.2. The zero-order valence-electron chi connectivity index (χ0n) is 10.6. The summed E-state index contributed by atoms with van der Waals surface area (Å²) in [5, 5.41) is 11.7. The third-order valence-corrected chi connectivity index (χ3v) is 3.22. The van der Waals surface area contributed by atoms with Gasteiger partial charge in [0.05, 0.1) is 5.92 Å². The molecule has 4 nitrogen and oxygen atoms in total. The van der Waals surface area contributed by atoms with Crippen molar-refractivity contribution in [1.29, 1.82) is 0 Å². The Morgan fingerprint density at radius 3 is 2.53 bits per heavy atom. The molecule has 0 bridgehead atoms. The molecule has 104 valence electrons. The Balaban J connectivity index is 2.61.